The molecular formula is C11H14N2O3S2. The minimum atomic E-state index is -1.10. The van der Waals surface area contributed by atoms with Gasteiger partial charge in [-0.1, -0.05) is 13.0 Å². The first-order valence-corrected chi connectivity index (χ1v) is 6.77. The number of rotatable bonds is 6. The standard InChI is InChI=1S/C11H14N2O3S2/c1-8(7-17)11(16)13(6-10(14)15)12-5-9-3-2-4-18-9/h2-5,8,17H,6-7H2,1H3,(H,14,15)/b12-5-/t8-/m1/s1. The van der Waals surface area contributed by atoms with E-state index in [4.69, 9.17) is 5.11 Å². The van der Waals surface area contributed by atoms with Gasteiger partial charge in [-0.3, -0.25) is 9.59 Å². The van der Waals surface area contributed by atoms with E-state index in [-0.39, 0.29) is 11.8 Å². The molecule has 0 aliphatic rings. The number of amides is 1. The van der Waals surface area contributed by atoms with Crippen molar-refractivity contribution in [2.45, 2.75) is 6.92 Å². The Bertz CT molecular complexity index is 432. The van der Waals surface area contributed by atoms with Crippen molar-refractivity contribution in [3.63, 3.8) is 0 Å². The molecule has 0 unspecified atom stereocenters. The fourth-order valence-corrected chi connectivity index (χ4v) is 1.86. The van der Waals surface area contributed by atoms with E-state index in [9.17, 15) is 9.59 Å². The van der Waals surface area contributed by atoms with E-state index in [1.807, 2.05) is 17.5 Å². The molecule has 0 bridgehead atoms. The molecule has 7 heteroatoms. The van der Waals surface area contributed by atoms with Crippen LogP contribution in [0.25, 0.3) is 0 Å². The average molecular weight is 286 g/mol. The molecule has 1 aromatic heterocycles. The molecule has 0 radical (unpaired) electrons. The van der Waals surface area contributed by atoms with Gasteiger partial charge < -0.3 is 5.11 Å². The summed E-state index contributed by atoms with van der Waals surface area (Å²) in [6, 6.07) is 3.69. The number of nitrogens with zero attached hydrogens (tertiary/aromatic N) is 2. The van der Waals surface area contributed by atoms with Crippen molar-refractivity contribution in [3.05, 3.63) is 22.4 Å². The van der Waals surface area contributed by atoms with E-state index < -0.39 is 12.5 Å². The highest BCUT2D eigenvalue weighted by atomic mass is 32.1. The zero-order valence-corrected chi connectivity index (χ0v) is 11.5. The first-order chi connectivity index (χ1) is 8.54. The van der Waals surface area contributed by atoms with Gasteiger partial charge in [0.15, 0.2) is 0 Å². The van der Waals surface area contributed by atoms with Crippen LogP contribution in [0.1, 0.15) is 11.8 Å². The van der Waals surface area contributed by atoms with Crippen molar-refractivity contribution in [2.24, 2.45) is 11.0 Å². The van der Waals surface area contributed by atoms with E-state index in [0.29, 0.717) is 5.75 Å². The van der Waals surface area contributed by atoms with Crippen molar-refractivity contribution in [1.82, 2.24) is 5.01 Å². The Morgan fingerprint density at radius 1 is 1.67 bits per heavy atom. The Balaban J connectivity index is 2.78. The predicted octanol–water partition coefficient (Wildman–Crippen LogP) is 1.56. The van der Waals surface area contributed by atoms with Crippen LogP contribution in [-0.2, 0) is 9.59 Å². The van der Waals surface area contributed by atoms with Crippen molar-refractivity contribution in [2.75, 3.05) is 12.3 Å². The number of hydrogen-bond donors (Lipinski definition) is 2. The molecule has 0 aliphatic carbocycles. The van der Waals surface area contributed by atoms with Crippen LogP contribution in [0.5, 0.6) is 0 Å². The van der Waals surface area contributed by atoms with Crippen molar-refractivity contribution in [1.29, 1.82) is 0 Å². The second-order valence-electron chi connectivity index (χ2n) is 3.63. The van der Waals surface area contributed by atoms with E-state index in [2.05, 4.69) is 17.7 Å². The van der Waals surface area contributed by atoms with Gasteiger partial charge in [-0.05, 0) is 11.4 Å². The topological polar surface area (TPSA) is 70.0 Å². The molecule has 1 heterocycles. The largest absolute Gasteiger partial charge is 0.480 e. The van der Waals surface area contributed by atoms with Crippen LogP contribution in [0.15, 0.2) is 22.6 Å². The van der Waals surface area contributed by atoms with Crippen LogP contribution in [0.3, 0.4) is 0 Å². The highest BCUT2D eigenvalue weighted by molar-refractivity contribution is 7.80. The lowest BCUT2D eigenvalue weighted by atomic mass is 10.2. The first-order valence-electron chi connectivity index (χ1n) is 5.26. The zero-order valence-electron chi connectivity index (χ0n) is 9.81. The van der Waals surface area contributed by atoms with Crippen molar-refractivity contribution < 1.29 is 14.7 Å². The van der Waals surface area contributed by atoms with Gasteiger partial charge in [-0.2, -0.15) is 17.7 Å². The molecule has 1 N–H and O–H groups in total. The maximum Gasteiger partial charge on any atom is 0.325 e. The Morgan fingerprint density at radius 3 is 2.89 bits per heavy atom. The Morgan fingerprint density at radius 2 is 2.39 bits per heavy atom. The van der Waals surface area contributed by atoms with Gasteiger partial charge in [0.05, 0.1) is 6.21 Å². The second kappa shape index (κ2) is 7.17. The number of hydrogen-bond acceptors (Lipinski definition) is 5. The van der Waals surface area contributed by atoms with Gasteiger partial charge in [-0.15, -0.1) is 11.3 Å². The lowest BCUT2D eigenvalue weighted by Gasteiger charge is -2.17. The molecule has 0 saturated heterocycles. The normalized spacial score (nSPS) is 12.6. The molecule has 1 rings (SSSR count). The Kier molecular flexibility index (Phi) is 5.87. The number of hydrazone groups is 1. The third-order valence-electron chi connectivity index (χ3n) is 2.10. The molecule has 5 nitrogen and oxygen atoms in total. The third kappa shape index (κ3) is 4.50. The summed E-state index contributed by atoms with van der Waals surface area (Å²) < 4.78 is 0. The van der Waals surface area contributed by atoms with E-state index in [0.717, 1.165) is 9.89 Å². The molecule has 98 valence electrons. The summed E-state index contributed by atoms with van der Waals surface area (Å²) in [5.41, 5.74) is 0. The van der Waals surface area contributed by atoms with Crippen LogP contribution >= 0.6 is 24.0 Å². The summed E-state index contributed by atoms with van der Waals surface area (Å²) in [5, 5.41) is 15.5. The summed E-state index contributed by atoms with van der Waals surface area (Å²) >= 11 is 5.48. The van der Waals surface area contributed by atoms with Crippen LogP contribution in [-0.4, -0.2) is 40.5 Å². The number of carboxylic acid groups (broad SMARTS) is 1. The summed E-state index contributed by atoms with van der Waals surface area (Å²) in [6.07, 6.45) is 1.48. The number of thiol groups is 1. The molecule has 0 fully saturated rings. The fraction of sp³-hybridized carbons (Fsp3) is 0.364. The third-order valence-corrected chi connectivity index (χ3v) is 3.46. The van der Waals surface area contributed by atoms with Crippen LogP contribution < -0.4 is 0 Å². The van der Waals surface area contributed by atoms with Gasteiger partial charge in [0.2, 0.25) is 5.91 Å². The molecule has 1 atom stereocenters. The highest BCUT2D eigenvalue weighted by Crippen LogP contribution is 2.08. The van der Waals surface area contributed by atoms with Crippen LogP contribution in [0, 0.1) is 5.92 Å². The summed E-state index contributed by atoms with van der Waals surface area (Å²) in [7, 11) is 0. The van der Waals surface area contributed by atoms with E-state index in [1.54, 1.807) is 6.92 Å². The maximum atomic E-state index is 11.9. The van der Waals surface area contributed by atoms with Crippen LogP contribution in [0.2, 0.25) is 0 Å². The second-order valence-corrected chi connectivity index (χ2v) is 4.98. The lowest BCUT2D eigenvalue weighted by molar-refractivity contribution is -0.145. The maximum absolute atomic E-state index is 11.9. The molecule has 0 aliphatic heterocycles. The number of aliphatic carboxylic acids is 1. The van der Waals surface area contributed by atoms with Gasteiger partial charge >= 0.3 is 5.97 Å². The molecule has 1 amide bonds. The first kappa shape index (κ1) is 14.7. The minimum Gasteiger partial charge on any atom is -0.480 e. The predicted molar refractivity (Wildman–Crippen MR) is 74.3 cm³/mol. The quantitative estimate of drug-likeness (QED) is 0.474. The number of carbonyl (C=O) groups is 2. The van der Waals surface area contributed by atoms with Gasteiger partial charge in [0.25, 0.3) is 0 Å². The van der Waals surface area contributed by atoms with E-state index in [1.165, 1.54) is 17.6 Å². The summed E-state index contributed by atoms with van der Waals surface area (Å²) in [5.74, 6) is -1.46. The number of carboxylic acids is 1. The molecule has 0 spiro atoms. The van der Waals surface area contributed by atoms with Gasteiger partial charge in [0.1, 0.15) is 6.54 Å². The van der Waals surface area contributed by atoms with Crippen LogP contribution in [0.4, 0.5) is 0 Å². The Labute approximate surface area is 115 Å². The molecule has 0 aromatic carbocycles. The Hall–Kier alpha value is -1.34. The fourth-order valence-electron chi connectivity index (χ4n) is 1.13. The van der Waals surface area contributed by atoms with E-state index >= 15 is 0 Å². The lowest BCUT2D eigenvalue weighted by Crippen LogP contribution is -2.35. The SMILES string of the molecule is C[C@H](CS)C(=O)N(CC(=O)O)/N=C\c1cccs1. The number of thiophene rings is 1. The average Bonchev–Trinajstić information content (AvgIpc) is 2.85. The zero-order chi connectivity index (χ0) is 13.5. The van der Waals surface area contributed by atoms with Crippen molar-refractivity contribution >= 4 is 42.1 Å². The monoisotopic (exact) mass is 286 g/mol. The highest BCUT2D eigenvalue weighted by Gasteiger charge is 2.20. The molecular weight excluding hydrogens is 272 g/mol. The smallest absolute Gasteiger partial charge is 0.325 e. The minimum absolute atomic E-state index is 0.347. The van der Waals surface area contributed by atoms with Gasteiger partial charge in [-0.25, -0.2) is 5.01 Å². The summed E-state index contributed by atoms with van der Waals surface area (Å²) in [6.45, 7) is 1.24. The molecule has 1 aromatic rings. The number of carbonyl (C=O) groups excluding carboxylic acids is 1. The summed E-state index contributed by atoms with van der Waals surface area (Å²) in [4.78, 5) is 23.4. The van der Waals surface area contributed by atoms with Crippen molar-refractivity contribution in [3.8, 4) is 0 Å². The molecule has 0 saturated carbocycles. The molecule has 18 heavy (non-hydrogen) atoms. The van der Waals surface area contributed by atoms with Gasteiger partial charge in [0, 0.05) is 16.5 Å².